The van der Waals surface area contributed by atoms with E-state index >= 15 is 0 Å². The van der Waals surface area contributed by atoms with Crippen LogP contribution < -0.4 is 10.1 Å². The van der Waals surface area contributed by atoms with Crippen LogP contribution in [0.3, 0.4) is 0 Å². The van der Waals surface area contributed by atoms with Gasteiger partial charge in [-0.2, -0.15) is 0 Å². The summed E-state index contributed by atoms with van der Waals surface area (Å²) in [6.07, 6.45) is 3.41. The largest absolute Gasteiger partial charge is 0.494 e. The highest BCUT2D eigenvalue weighted by Gasteiger charge is 2.12. The van der Waals surface area contributed by atoms with Crippen LogP contribution in [0.4, 0.5) is 4.39 Å². The van der Waals surface area contributed by atoms with E-state index < -0.39 is 23.4 Å². The van der Waals surface area contributed by atoms with Gasteiger partial charge >= 0.3 is 0 Å². The molecule has 1 saturated heterocycles. The van der Waals surface area contributed by atoms with Crippen LogP contribution in [0.1, 0.15) is 42.9 Å². The number of piperidine rings is 1. The molecule has 0 radical (unpaired) electrons. The number of nitrogens with one attached hydrogen (secondary N) is 1. The first-order valence-electron chi connectivity index (χ1n) is 11.8. The molecular weight excluding hydrogens is 439 g/mol. The lowest BCUT2D eigenvalue weighted by atomic mass is 10.1. The van der Waals surface area contributed by atoms with E-state index in [1.165, 1.54) is 43.0 Å². The van der Waals surface area contributed by atoms with Crippen molar-refractivity contribution < 1.29 is 19.2 Å². The Morgan fingerprint density at radius 3 is 2.76 bits per heavy atom. The topological polar surface area (TPSA) is 100 Å². The van der Waals surface area contributed by atoms with Crippen molar-refractivity contribution in [1.29, 1.82) is 0 Å². The maximum Gasteiger partial charge on any atom is 0.259 e. The molecule has 0 aliphatic carbocycles. The van der Waals surface area contributed by atoms with Crippen LogP contribution in [0.2, 0.25) is 0 Å². The van der Waals surface area contributed by atoms with Crippen LogP contribution in [-0.2, 0) is 6.54 Å². The second-order valence-electron chi connectivity index (χ2n) is 8.46. The summed E-state index contributed by atoms with van der Waals surface area (Å²) in [6, 6.07) is 13.7. The SMILES string of the molecule is O=[N+]([O-])CC(=NCC(O)c1cccc(F)c1)NCCCOc1cccc(CN2CCCCC2)c1. The van der Waals surface area contributed by atoms with E-state index in [4.69, 9.17) is 4.74 Å². The van der Waals surface area contributed by atoms with Crippen molar-refractivity contribution in [3.8, 4) is 5.75 Å². The Balaban J connectivity index is 1.42. The van der Waals surface area contributed by atoms with Gasteiger partial charge in [-0.25, -0.2) is 4.39 Å². The molecule has 1 aliphatic rings. The molecule has 0 amide bonds. The number of hydrogen-bond acceptors (Lipinski definition) is 6. The smallest absolute Gasteiger partial charge is 0.259 e. The minimum atomic E-state index is -1.04. The third-order valence-electron chi connectivity index (χ3n) is 5.64. The average Bonchev–Trinajstić information content (AvgIpc) is 2.82. The van der Waals surface area contributed by atoms with Crippen LogP contribution >= 0.6 is 0 Å². The van der Waals surface area contributed by atoms with Crippen molar-refractivity contribution in [3.63, 3.8) is 0 Å². The minimum absolute atomic E-state index is 0.0973. The molecule has 2 aromatic carbocycles. The number of ether oxygens (including phenoxy) is 1. The third-order valence-corrected chi connectivity index (χ3v) is 5.64. The fourth-order valence-electron chi connectivity index (χ4n) is 3.90. The van der Waals surface area contributed by atoms with Crippen LogP contribution in [0.15, 0.2) is 53.5 Å². The zero-order chi connectivity index (χ0) is 24.2. The van der Waals surface area contributed by atoms with Crippen molar-refractivity contribution in [3.05, 3.63) is 75.6 Å². The Morgan fingerprint density at radius 1 is 1.21 bits per heavy atom. The normalized spacial score (nSPS) is 15.6. The van der Waals surface area contributed by atoms with Crippen molar-refractivity contribution in [2.75, 3.05) is 39.3 Å². The van der Waals surface area contributed by atoms with E-state index in [1.54, 1.807) is 6.07 Å². The van der Waals surface area contributed by atoms with Gasteiger partial charge in [0.25, 0.3) is 6.54 Å². The molecule has 1 unspecified atom stereocenters. The number of nitrogens with zero attached hydrogens (tertiary/aromatic N) is 3. The summed E-state index contributed by atoms with van der Waals surface area (Å²) in [5.74, 6) is 0.525. The Kier molecular flexibility index (Phi) is 10.2. The number of halogens is 1. The second kappa shape index (κ2) is 13.6. The van der Waals surface area contributed by atoms with E-state index in [1.807, 2.05) is 12.1 Å². The fraction of sp³-hybridized carbons (Fsp3) is 0.480. The summed E-state index contributed by atoms with van der Waals surface area (Å²) < 4.78 is 19.2. The van der Waals surface area contributed by atoms with Gasteiger partial charge in [0.05, 0.1) is 19.3 Å². The highest BCUT2D eigenvalue weighted by atomic mass is 19.1. The summed E-state index contributed by atoms with van der Waals surface area (Å²) in [7, 11) is 0. The van der Waals surface area contributed by atoms with E-state index in [0.717, 1.165) is 25.4 Å². The Hall–Kier alpha value is -3.04. The van der Waals surface area contributed by atoms with Crippen molar-refractivity contribution in [2.24, 2.45) is 4.99 Å². The molecule has 8 nitrogen and oxygen atoms in total. The first-order chi connectivity index (χ1) is 16.5. The summed E-state index contributed by atoms with van der Waals surface area (Å²) in [6.45, 7) is 3.54. The molecule has 0 saturated carbocycles. The van der Waals surface area contributed by atoms with Gasteiger partial charge in [-0.1, -0.05) is 30.7 Å². The molecule has 2 aromatic rings. The van der Waals surface area contributed by atoms with Gasteiger partial charge in [0.15, 0.2) is 5.84 Å². The van der Waals surface area contributed by atoms with Crippen LogP contribution in [0.5, 0.6) is 5.75 Å². The summed E-state index contributed by atoms with van der Waals surface area (Å²) in [5, 5.41) is 24.1. The zero-order valence-corrected chi connectivity index (χ0v) is 19.4. The number of likely N-dealkylation sites (tertiary alicyclic amines) is 1. The van der Waals surface area contributed by atoms with E-state index in [-0.39, 0.29) is 12.4 Å². The van der Waals surface area contributed by atoms with E-state index in [2.05, 4.69) is 27.3 Å². The van der Waals surface area contributed by atoms with E-state index in [0.29, 0.717) is 25.1 Å². The molecule has 1 fully saturated rings. The quantitative estimate of drug-likeness (QED) is 0.161. The number of hydrogen-bond donors (Lipinski definition) is 2. The predicted octanol–water partition coefficient (Wildman–Crippen LogP) is 3.58. The zero-order valence-electron chi connectivity index (χ0n) is 19.4. The maximum absolute atomic E-state index is 13.3. The number of nitro groups is 1. The fourth-order valence-corrected chi connectivity index (χ4v) is 3.90. The maximum atomic E-state index is 13.3. The number of aliphatic hydroxyl groups excluding tert-OH is 1. The Bertz CT molecular complexity index is 950. The second-order valence-corrected chi connectivity index (χ2v) is 8.46. The van der Waals surface area contributed by atoms with E-state index in [9.17, 15) is 19.6 Å². The molecular formula is C25H33FN4O4. The lowest BCUT2D eigenvalue weighted by molar-refractivity contribution is -0.463. The Morgan fingerprint density at radius 2 is 2.00 bits per heavy atom. The number of aliphatic hydroxyl groups is 1. The Labute approximate surface area is 199 Å². The van der Waals surface area contributed by atoms with Crippen molar-refractivity contribution in [2.45, 2.75) is 38.3 Å². The molecule has 0 bridgehead atoms. The summed E-state index contributed by atoms with van der Waals surface area (Å²) >= 11 is 0. The number of rotatable bonds is 12. The highest BCUT2D eigenvalue weighted by molar-refractivity contribution is 5.83. The van der Waals surface area contributed by atoms with Gasteiger partial charge in [0.2, 0.25) is 0 Å². The molecule has 2 N–H and O–H groups in total. The molecule has 1 heterocycles. The lowest BCUT2D eigenvalue weighted by Crippen LogP contribution is -2.32. The van der Waals surface area contributed by atoms with Gasteiger partial charge in [-0.3, -0.25) is 20.0 Å². The first-order valence-corrected chi connectivity index (χ1v) is 11.8. The van der Waals surface area contributed by atoms with Gasteiger partial charge in [-0.15, -0.1) is 0 Å². The highest BCUT2D eigenvalue weighted by Crippen LogP contribution is 2.18. The van der Waals surface area contributed by atoms with Crippen molar-refractivity contribution >= 4 is 5.84 Å². The number of aliphatic imine (C=N–C) groups is 1. The molecule has 1 atom stereocenters. The molecule has 3 rings (SSSR count). The molecule has 0 spiro atoms. The summed E-state index contributed by atoms with van der Waals surface area (Å²) in [5.41, 5.74) is 1.61. The van der Waals surface area contributed by atoms with Crippen LogP contribution in [-0.4, -0.2) is 60.1 Å². The first kappa shape index (κ1) is 25.6. The minimum Gasteiger partial charge on any atom is -0.494 e. The predicted molar refractivity (Wildman–Crippen MR) is 129 cm³/mol. The van der Waals surface area contributed by atoms with Crippen molar-refractivity contribution in [1.82, 2.24) is 10.2 Å². The lowest BCUT2D eigenvalue weighted by Gasteiger charge is -2.26. The molecule has 184 valence electrons. The number of amidine groups is 1. The standard InChI is InChI=1S/C25H33FN4O4/c26-22-9-5-8-21(16-22)24(31)17-28-25(19-30(32)33)27-11-6-14-34-23-10-4-7-20(15-23)18-29-12-2-1-3-13-29/h4-5,7-10,15-16,24,31H,1-3,6,11-14,17-19H2,(H,27,28). The monoisotopic (exact) mass is 472 g/mol. The van der Waals surface area contributed by atoms with Gasteiger partial charge in [0.1, 0.15) is 11.6 Å². The van der Waals surface area contributed by atoms with Crippen LogP contribution in [0.25, 0.3) is 0 Å². The number of benzene rings is 2. The molecule has 34 heavy (non-hydrogen) atoms. The van der Waals surface area contributed by atoms with Crippen LogP contribution in [0, 0.1) is 15.9 Å². The molecule has 0 aromatic heterocycles. The average molecular weight is 473 g/mol. The van der Waals surface area contributed by atoms with Gasteiger partial charge in [-0.05, 0) is 67.7 Å². The van der Waals surface area contributed by atoms with Gasteiger partial charge < -0.3 is 15.2 Å². The third kappa shape index (κ3) is 9.07. The molecule has 1 aliphatic heterocycles. The summed E-state index contributed by atoms with van der Waals surface area (Å²) in [4.78, 5) is 17.1. The molecule has 9 heteroatoms. The van der Waals surface area contributed by atoms with Gasteiger partial charge in [0, 0.05) is 18.0 Å².